The minimum absolute atomic E-state index is 0.0266. The number of methoxy groups -OCH3 is 1. The van der Waals surface area contributed by atoms with Crippen LogP contribution in [0, 0.1) is 5.82 Å². The lowest BCUT2D eigenvalue weighted by Crippen LogP contribution is -2.31. The van der Waals surface area contributed by atoms with Crippen LogP contribution < -0.4 is 20.3 Å². The van der Waals surface area contributed by atoms with E-state index in [1.807, 2.05) is 24.3 Å². The van der Waals surface area contributed by atoms with Crippen molar-refractivity contribution in [1.29, 1.82) is 0 Å². The number of carbonyl (C=O) groups excluding carboxylic acids is 1. The van der Waals surface area contributed by atoms with Gasteiger partial charge in [-0.3, -0.25) is 9.59 Å². The lowest BCUT2D eigenvalue weighted by Gasteiger charge is -2.09. The van der Waals surface area contributed by atoms with Gasteiger partial charge in [0.25, 0.3) is 11.5 Å². The van der Waals surface area contributed by atoms with Crippen LogP contribution in [0.5, 0.6) is 11.5 Å². The molecule has 0 unspecified atom stereocenters. The number of aryl methyl sites for hydroxylation is 1. The Morgan fingerprint density at radius 1 is 1.10 bits per heavy atom. The Balaban J connectivity index is 1.49. The van der Waals surface area contributed by atoms with Gasteiger partial charge in [-0.15, -0.1) is 0 Å². The molecule has 3 rings (SSSR count). The van der Waals surface area contributed by atoms with Crippen LogP contribution in [-0.2, 0) is 11.3 Å². The van der Waals surface area contributed by atoms with E-state index >= 15 is 0 Å². The molecule has 1 aromatic heterocycles. The first-order valence-corrected chi connectivity index (χ1v) is 9.43. The molecule has 0 aliphatic carbocycles. The monoisotopic (exact) mass is 411 g/mol. The maximum Gasteiger partial charge on any atom is 0.266 e. The molecule has 7 nitrogen and oxygen atoms in total. The van der Waals surface area contributed by atoms with Crippen LogP contribution >= 0.6 is 0 Å². The van der Waals surface area contributed by atoms with E-state index in [0.29, 0.717) is 25.2 Å². The predicted molar refractivity (Wildman–Crippen MR) is 110 cm³/mol. The number of benzene rings is 2. The number of aromatic nitrogens is 2. The quantitative estimate of drug-likeness (QED) is 0.548. The van der Waals surface area contributed by atoms with Crippen molar-refractivity contribution < 1.29 is 18.7 Å². The Bertz CT molecular complexity index is 1050. The minimum atomic E-state index is -0.521. The molecule has 1 heterocycles. The van der Waals surface area contributed by atoms with E-state index in [4.69, 9.17) is 9.47 Å². The summed E-state index contributed by atoms with van der Waals surface area (Å²) in [5.41, 5.74) is 1.31. The summed E-state index contributed by atoms with van der Waals surface area (Å²) < 4.78 is 25.1. The van der Waals surface area contributed by atoms with E-state index in [9.17, 15) is 14.0 Å². The molecule has 8 heteroatoms. The second-order valence-electron chi connectivity index (χ2n) is 6.43. The molecular formula is C22H22FN3O4. The van der Waals surface area contributed by atoms with Gasteiger partial charge in [0, 0.05) is 24.7 Å². The standard InChI is InChI=1S/C22H22FN3O4/c1-29-17-9-7-16(8-10-17)19-11-12-22(28)26(25-19)14-4-13-24-21(27)15-30-20-6-3-2-5-18(20)23/h2-3,5-12H,4,13-15H2,1H3,(H,24,27). The van der Waals surface area contributed by atoms with Gasteiger partial charge in [0.05, 0.1) is 12.8 Å². The fraction of sp³-hybridized carbons (Fsp3) is 0.227. The Kier molecular flexibility index (Phi) is 7.15. The van der Waals surface area contributed by atoms with E-state index in [0.717, 1.165) is 11.3 Å². The number of nitrogens with zero attached hydrogens (tertiary/aromatic N) is 2. The molecule has 0 atom stereocenters. The van der Waals surface area contributed by atoms with Crippen LogP contribution in [0.25, 0.3) is 11.3 Å². The number of hydrogen-bond acceptors (Lipinski definition) is 5. The van der Waals surface area contributed by atoms with Crippen LogP contribution in [0.3, 0.4) is 0 Å². The van der Waals surface area contributed by atoms with Crippen molar-refractivity contribution in [1.82, 2.24) is 15.1 Å². The van der Waals surface area contributed by atoms with E-state index in [2.05, 4.69) is 10.4 Å². The Morgan fingerprint density at radius 3 is 2.60 bits per heavy atom. The van der Waals surface area contributed by atoms with Gasteiger partial charge in [-0.05, 0) is 48.9 Å². The zero-order valence-corrected chi connectivity index (χ0v) is 16.5. The number of hydrogen-bond donors (Lipinski definition) is 1. The largest absolute Gasteiger partial charge is 0.497 e. The van der Waals surface area contributed by atoms with Crippen molar-refractivity contribution in [3.8, 4) is 22.8 Å². The molecule has 0 aliphatic rings. The van der Waals surface area contributed by atoms with Gasteiger partial charge in [-0.2, -0.15) is 5.10 Å². The van der Waals surface area contributed by atoms with Gasteiger partial charge in [0.2, 0.25) is 0 Å². The molecule has 1 amide bonds. The number of nitrogens with one attached hydrogen (secondary N) is 1. The van der Waals surface area contributed by atoms with Crippen molar-refractivity contribution in [2.45, 2.75) is 13.0 Å². The highest BCUT2D eigenvalue weighted by atomic mass is 19.1. The lowest BCUT2D eigenvalue weighted by atomic mass is 10.1. The maximum absolute atomic E-state index is 13.5. The molecule has 0 saturated heterocycles. The topological polar surface area (TPSA) is 82.5 Å². The zero-order chi connectivity index (χ0) is 21.3. The molecule has 0 saturated carbocycles. The summed E-state index contributed by atoms with van der Waals surface area (Å²) in [5, 5.41) is 7.06. The molecule has 0 radical (unpaired) electrons. The first kappa shape index (κ1) is 21.0. The van der Waals surface area contributed by atoms with Crippen molar-refractivity contribution in [3.63, 3.8) is 0 Å². The summed E-state index contributed by atoms with van der Waals surface area (Å²) in [6, 6.07) is 16.4. The average Bonchev–Trinajstić information content (AvgIpc) is 2.77. The van der Waals surface area contributed by atoms with Crippen molar-refractivity contribution in [3.05, 3.63) is 76.8 Å². The number of halogens is 1. The predicted octanol–water partition coefficient (Wildman–Crippen LogP) is 2.64. The van der Waals surface area contributed by atoms with Gasteiger partial charge in [-0.25, -0.2) is 9.07 Å². The molecule has 0 bridgehead atoms. The second-order valence-corrected chi connectivity index (χ2v) is 6.43. The summed E-state index contributed by atoms with van der Waals surface area (Å²) in [6.07, 6.45) is 0.504. The number of carbonyl (C=O) groups is 1. The summed E-state index contributed by atoms with van der Waals surface area (Å²) in [4.78, 5) is 23.9. The van der Waals surface area contributed by atoms with E-state index in [-0.39, 0.29) is 23.8 Å². The Morgan fingerprint density at radius 2 is 1.87 bits per heavy atom. The van der Waals surface area contributed by atoms with Crippen molar-refractivity contribution in [2.24, 2.45) is 0 Å². The summed E-state index contributed by atoms with van der Waals surface area (Å²) in [5.74, 6) is -0.126. The third-order valence-corrected chi connectivity index (χ3v) is 4.32. The minimum Gasteiger partial charge on any atom is -0.497 e. The molecule has 30 heavy (non-hydrogen) atoms. The third kappa shape index (κ3) is 5.66. The number of amides is 1. The van der Waals surface area contributed by atoms with E-state index < -0.39 is 5.82 Å². The number of para-hydroxylation sites is 1. The molecule has 156 valence electrons. The van der Waals surface area contributed by atoms with Crippen molar-refractivity contribution >= 4 is 5.91 Å². The highest BCUT2D eigenvalue weighted by Gasteiger charge is 2.07. The molecule has 0 aliphatic heterocycles. The van der Waals surface area contributed by atoms with Crippen molar-refractivity contribution in [2.75, 3.05) is 20.3 Å². The summed E-state index contributed by atoms with van der Waals surface area (Å²) in [7, 11) is 1.60. The first-order valence-electron chi connectivity index (χ1n) is 9.43. The smallest absolute Gasteiger partial charge is 0.266 e. The first-order chi connectivity index (χ1) is 14.6. The van der Waals surface area contributed by atoms with Crippen LogP contribution in [0.2, 0.25) is 0 Å². The average molecular weight is 411 g/mol. The van der Waals surface area contributed by atoms with Crippen LogP contribution in [-0.4, -0.2) is 35.9 Å². The molecule has 2 aromatic carbocycles. The lowest BCUT2D eigenvalue weighted by molar-refractivity contribution is -0.123. The normalized spacial score (nSPS) is 10.5. The fourth-order valence-corrected chi connectivity index (χ4v) is 2.74. The van der Waals surface area contributed by atoms with Gasteiger partial charge >= 0.3 is 0 Å². The zero-order valence-electron chi connectivity index (χ0n) is 16.5. The third-order valence-electron chi connectivity index (χ3n) is 4.32. The van der Waals surface area contributed by atoms with Gasteiger partial charge in [0.1, 0.15) is 5.75 Å². The molecule has 0 spiro atoms. The Hall–Kier alpha value is -3.68. The fourth-order valence-electron chi connectivity index (χ4n) is 2.74. The van der Waals surface area contributed by atoms with Crippen LogP contribution in [0.4, 0.5) is 4.39 Å². The highest BCUT2D eigenvalue weighted by Crippen LogP contribution is 2.19. The van der Waals surface area contributed by atoms with E-state index in [1.165, 1.54) is 22.9 Å². The van der Waals surface area contributed by atoms with Gasteiger partial charge < -0.3 is 14.8 Å². The van der Waals surface area contributed by atoms with Gasteiger partial charge in [0.15, 0.2) is 18.2 Å². The van der Waals surface area contributed by atoms with E-state index in [1.54, 1.807) is 25.3 Å². The van der Waals surface area contributed by atoms with Crippen LogP contribution in [0.1, 0.15) is 6.42 Å². The molecule has 3 aromatic rings. The number of ether oxygens (including phenoxy) is 2. The molecular weight excluding hydrogens is 389 g/mol. The van der Waals surface area contributed by atoms with Crippen LogP contribution in [0.15, 0.2) is 65.5 Å². The SMILES string of the molecule is COc1ccc(-c2ccc(=O)n(CCCNC(=O)COc3ccccc3F)n2)cc1. The maximum atomic E-state index is 13.5. The molecule has 1 N–H and O–H groups in total. The number of rotatable bonds is 9. The summed E-state index contributed by atoms with van der Waals surface area (Å²) >= 11 is 0. The second kappa shape index (κ2) is 10.2. The summed E-state index contributed by atoms with van der Waals surface area (Å²) in [6.45, 7) is 0.393. The Labute approximate surface area is 173 Å². The van der Waals surface area contributed by atoms with Gasteiger partial charge in [-0.1, -0.05) is 12.1 Å². The highest BCUT2D eigenvalue weighted by molar-refractivity contribution is 5.77. The molecule has 0 fully saturated rings.